The Hall–Kier alpha value is -0.750. The molecule has 3 rings (SSSR count). The Balaban J connectivity index is 1.96. The molecule has 0 bridgehead atoms. The number of nitrogens with zero attached hydrogens (tertiary/aromatic N) is 1. The van der Waals surface area contributed by atoms with Gasteiger partial charge >= 0.3 is 0 Å². The van der Waals surface area contributed by atoms with Gasteiger partial charge in [0.15, 0.2) is 0 Å². The molecule has 2 aromatic rings. The van der Waals surface area contributed by atoms with Crippen LogP contribution in [0.4, 0.5) is 4.39 Å². The lowest BCUT2D eigenvalue weighted by Gasteiger charge is -2.39. The van der Waals surface area contributed by atoms with Gasteiger partial charge in [0.05, 0.1) is 0 Å². The van der Waals surface area contributed by atoms with Gasteiger partial charge in [0.25, 0.3) is 0 Å². The van der Waals surface area contributed by atoms with Crippen LogP contribution in [0.2, 0.25) is 0 Å². The van der Waals surface area contributed by atoms with Gasteiger partial charge in [-0.15, -0.1) is 11.3 Å². The molecule has 112 valence electrons. The molecule has 0 saturated carbocycles. The van der Waals surface area contributed by atoms with E-state index in [-0.39, 0.29) is 11.9 Å². The van der Waals surface area contributed by atoms with Crippen molar-refractivity contribution in [2.75, 3.05) is 13.1 Å². The van der Waals surface area contributed by atoms with E-state index in [1.54, 1.807) is 12.1 Å². The lowest BCUT2D eigenvalue weighted by atomic mass is 9.96. The average Bonchev–Trinajstić information content (AvgIpc) is 2.95. The van der Waals surface area contributed by atoms with Gasteiger partial charge in [-0.1, -0.05) is 15.9 Å². The van der Waals surface area contributed by atoms with Gasteiger partial charge < -0.3 is 5.73 Å². The van der Waals surface area contributed by atoms with E-state index in [0.29, 0.717) is 12.6 Å². The normalized spacial score (nSPS) is 20.3. The van der Waals surface area contributed by atoms with Gasteiger partial charge in [0.2, 0.25) is 0 Å². The van der Waals surface area contributed by atoms with Gasteiger partial charge in [-0.25, -0.2) is 4.39 Å². The molecule has 0 amide bonds. The SMILES string of the molecule is CC1c2ccsc2CCN1C(CN)c1cc(F)ccc1Br. The molecule has 21 heavy (non-hydrogen) atoms. The molecular formula is C16H18BrFN2S. The largest absolute Gasteiger partial charge is 0.329 e. The van der Waals surface area contributed by atoms with Crippen LogP contribution in [0.1, 0.15) is 35.0 Å². The fourth-order valence-corrected chi connectivity index (χ4v) is 4.64. The zero-order chi connectivity index (χ0) is 15.0. The first-order valence-corrected chi connectivity index (χ1v) is 8.76. The van der Waals surface area contributed by atoms with Gasteiger partial charge in [-0.05, 0) is 54.1 Å². The Morgan fingerprint density at radius 1 is 1.48 bits per heavy atom. The smallest absolute Gasteiger partial charge is 0.123 e. The second-order valence-electron chi connectivity index (χ2n) is 5.38. The highest BCUT2D eigenvalue weighted by atomic mass is 79.9. The summed E-state index contributed by atoms with van der Waals surface area (Å²) in [4.78, 5) is 3.85. The van der Waals surface area contributed by atoms with Crippen LogP contribution in [0.5, 0.6) is 0 Å². The summed E-state index contributed by atoms with van der Waals surface area (Å²) in [5.41, 5.74) is 8.35. The standard InChI is InChI=1S/C16H18BrFN2S/c1-10-12-5-7-21-16(12)4-6-20(10)15(9-19)13-8-11(18)2-3-14(13)17/h2-3,5,7-8,10,15H,4,6,9,19H2,1H3. The first kappa shape index (κ1) is 15.2. The molecule has 0 spiro atoms. The highest BCUT2D eigenvalue weighted by Crippen LogP contribution is 2.39. The Labute approximate surface area is 136 Å². The highest BCUT2D eigenvalue weighted by Gasteiger charge is 2.31. The minimum atomic E-state index is -0.215. The molecule has 2 unspecified atom stereocenters. The topological polar surface area (TPSA) is 29.3 Å². The summed E-state index contributed by atoms with van der Waals surface area (Å²) in [6, 6.07) is 7.36. The van der Waals surface area contributed by atoms with Crippen molar-refractivity contribution in [3.63, 3.8) is 0 Å². The summed E-state index contributed by atoms with van der Waals surface area (Å²) in [5.74, 6) is -0.215. The second kappa shape index (κ2) is 6.16. The fourth-order valence-electron chi connectivity index (χ4n) is 3.17. The molecule has 1 aliphatic heterocycles. The minimum Gasteiger partial charge on any atom is -0.329 e. The molecule has 0 saturated heterocycles. The van der Waals surface area contributed by atoms with Crippen molar-refractivity contribution in [1.29, 1.82) is 0 Å². The van der Waals surface area contributed by atoms with Crippen molar-refractivity contribution in [1.82, 2.24) is 4.90 Å². The zero-order valence-electron chi connectivity index (χ0n) is 11.9. The van der Waals surface area contributed by atoms with Crippen molar-refractivity contribution in [2.45, 2.75) is 25.4 Å². The first-order chi connectivity index (χ1) is 10.1. The van der Waals surface area contributed by atoms with Crippen LogP contribution in [0.15, 0.2) is 34.1 Å². The Morgan fingerprint density at radius 3 is 3.05 bits per heavy atom. The summed E-state index contributed by atoms with van der Waals surface area (Å²) in [7, 11) is 0. The van der Waals surface area contributed by atoms with Crippen molar-refractivity contribution < 1.29 is 4.39 Å². The van der Waals surface area contributed by atoms with Crippen LogP contribution in [-0.4, -0.2) is 18.0 Å². The van der Waals surface area contributed by atoms with Crippen LogP contribution in [0.25, 0.3) is 0 Å². The third kappa shape index (κ3) is 2.80. The molecule has 2 heterocycles. The first-order valence-electron chi connectivity index (χ1n) is 7.09. The van der Waals surface area contributed by atoms with Gasteiger partial charge in [0, 0.05) is 34.5 Å². The zero-order valence-corrected chi connectivity index (χ0v) is 14.3. The van der Waals surface area contributed by atoms with Crippen molar-refractivity contribution >= 4 is 27.3 Å². The molecule has 2 nitrogen and oxygen atoms in total. The van der Waals surface area contributed by atoms with E-state index >= 15 is 0 Å². The number of fused-ring (bicyclic) bond motifs is 1. The number of halogens is 2. The maximum Gasteiger partial charge on any atom is 0.123 e. The second-order valence-corrected chi connectivity index (χ2v) is 7.24. The molecule has 1 aliphatic rings. The highest BCUT2D eigenvalue weighted by molar-refractivity contribution is 9.10. The summed E-state index contributed by atoms with van der Waals surface area (Å²) in [6.45, 7) is 3.64. The van der Waals surface area contributed by atoms with Crippen molar-refractivity contribution in [3.05, 3.63) is 55.9 Å². The predicted molar refractivity (Wildman–Crippen MR) is 89.0 cm³/mol. The van der Waals surface area contributed by atoms with Crippen LogP contribution < -0.4 is 5.73 Å². The summed E-state index contributed by atoms with van der Waals surface area (Å²) >= 11 is 5.36. The van der Waals surface area contributed by atoms with E-state index in [1.165, 1.54) is 16.5 Å². The molecular weight excluding hydrogens is 351 g/mol. The van der Waals surface area contributed by atoms with E-state index in [1.807, 2.05) is 11.3 Å². The number of nitrogens with two attached hydrogens (primary N) is 1. The van der Waals surface area contributed by atoms with Crippen molar-refractivity contribution in [3.8, 4) is 0 Å². The fraction of sp³-hybridized carbons (Fsp3) is 0.375. The molecule has 2 N–H and O–H groups in total. The number of thiophene rings is 1. The number of rotatable bonds is 3. The molecule has 2 atom stereocenters. The molecule has 5 heteroatoms. The summed E-state index contributed by atoms with van der Waals surface area (Å²) in [6.07, 6.45) is 1.04. The monoisotopic (exact) mass is 368 g/mol. The van der Waals surface area contributed by atoms with E-state index in [2.05, 4.69) is 39.2 Å². The Bertz CT molecular complexity index is 643. The van der Waals surface area contributed by atoms with E-state index in [4.69, 9.17) is 5.73 Å². The van der Waals surface area contributed by atoms with Crippen molar-refractivity contribution in [2.24, 2.45) is 5.73 Å². The Kier molecular flexibility index (Phi) is 4.45. The van der Waals surface area contributed by atoms with E-state index < -0.39 is 0 Å². The van der Waals surface area contributed by atoms with Gasteiger partial charge in [0.1, 0.15) is 5.82 Å². The third-order valence-electron chi connectivity index (χ3n) is 4.27. The number of benzene rings is 1. The molecule has 1 aromatic carbocycles. The van der Waals surface area contributed by atoms with E-state index in [0.717, 1.165) is 23.0 Å². The third-order valence-corrected chi connectivity index (χ3v) is 5.98. The quantitative estimate of drug-likeness (QED) is 0.876. The Morgan fingerprint density at radius 2 is 2.29 bits per heavy atom. The van der Waals surface area contributed by atoms with Crippen LogP contribution >= 0.6 is 27.3 Å². The lowest BCUT2D eigenvalue weighted by Crippen LogP contribution is -2.39. The molecule has 0 radical (unpaired) electrons. The van der Waals surface area contributed by atoms with Crippen LogP contribution in [0, 0.1) is 5.82 Å². The molecule has 0 aliphatic carbocycles. The minimum absolute atomic E-state index is 0.0260. The van der Waals surface area contributed by atoms with Gasteiger partial charge in [-0.3, -0.25) is 4.90 Å². The summed E-state index contributed by atoms with van der Waals surface area (Å²) < 4.78 is 14.5. The maximum absolute atomic E-state index is 13.6. The van der Waals surface area contributed by atoms with Gasteiger partial charge in [-0.2, -0.15) is 0 Å². The molecule has 1 aromatic heterocycles. The molecule has 0 fully saturated rings. The maximum atomic E-state index is 13.6. The summed E-state index contributed by atoms with van der Waals surface area (Å²) in [5, 5.41) is 2.15. The number of hydrogen-bond acceptors (Lipinski definition) is 3. The van der Waals surface area contributed by atoms with Crippen LogP contribution in [-0.2, 0) is 6.42 Å². The predicted octanol–water partition coefficient (Wildman–Crippen LogP) is 4.27. The van der Waals surface area contributed by atoms with Crippen LogP contribution in [0.3, 0.4) is 0 Å². The van der Waals surface area contributed by atoms with E-state index in [9.17, 15) is 4.39 Å². The number of hydrogen-bond donors (Lipinski definition) is 1. The lowest BCUT2D eigenvalue weighted by molar-refractivity contribution is 0.138. The average molecular weight is 369 g/mol.